The van der Waals surface area contributed by atoms with Gasteiger partial charge in [-0.05, 0) is 37.5 Å². The number of ether oxygens (including phenoxy) is 1. The van der Waals surface area contributed by atoms with Crippen LogP contribution in [-0.2, 0) is 4.79 Å². The second kappa shape index (κ2) is 7.18. The van der Waals surface area contributed by atoms with Gasteiger partial charge in [0.25, 0.3) is 5.91 Å². The molecule has 2 aliphatic rings. The molecule has 2 aromatic rings. The smallest absolute Gasteiger partial charge is 0.263 e. The van der Waals surface area contributed by atoms with Gasteiger partial charge in [0.1, 0.15) is 11.6 Å². The second-order valence-electron chi connectivity index (χ2n) is 6.93. The van der Waals surface area contributed by atoms with Crippen LogP contribution in [0.4, 0.5) is 14.5 Å². The zero-order chi connectivity index (χ0) is 19.8. The molecule has 6 nitrogen and oxygen atoms in total. The number of rotatable bonds is 3. The maximum Gasteiger partial charge on any atom is 0.263 e. The number of aryl methyl sites for hydroxylation is 1. The van der Waals surface area contributed by atoms with E-state index >= 15 is 0 Å². The number of hydrogen-bond donors (Lipinski definition) is 1. The molecule has 0 saturated carbocycles. The van der Waals surface area contributed by atoms with Crippen molar-refractivity contribution >= 4 is 17.6 Å². The molecule has 2 aliphatic heterocycles. The summed E-state index contributed by atoms with van der Waals surface area (Å²) in [7, 11) is 1.53. The molecule has 146 valence electrons. The summed E-state index contributed by atoms with van der Waals surface area (Å²) in [6.07, 6.45) is 1.08. The fourth-order valence-corrected chi connectivity index (χ4v) is 3.79. The minimum Gasteiger partial charge on any atom is -0.495 e. The normalized spacial score (nSPS) is 25.6. The molecule has 2 fully saturated rings. The third-order valence-corrected chi connectivity index (χ3v) is 5.25. The fraction of sp³-hybridized carbons (Fsp3) is 0.350. The van der Waals surface area contributed by atoms with E-state index in [-0.39, 0.29) is 17.8 Å². The van der Waals surface area contributed by atoms with E-state index in [0.717, 1.165) is 5.56 Å². The van der Waals surface area contributed by atoms with Crippen LogP contribution in [0.1, 0.15) is 30.1 Å². The van der Waals surface area contributed by atoms with E-state index < -0.39 is 18.1 Å². The zero-order valence-corrected chi connectivity index (χ0v) is 15.5. The molecule has 3 unspecified atom stereocenters. The van der Waals surface area contributed by atoms with Crippen molar-refractivity contribution in [2.75, 3.05) is 7.11 Å². The first kappa shape index (κ1) is 18.3. The number of benzene rings is 1. The number of aromatic nitrogens is 1. The van der Waals surface area contributed by atoms with Gasteiger partial charge in [-0.3, -0.25) is 15.1 Å². The van der Waals surface area contributed by atoms with E-state index in [1.165, 1.54) is 19.2 Å². The lowest BCUT2D eigenvalue weighted by Gasteiger charge is -2.38. The highest BCUT2D eigenvalue weighted by molar-refractivity contribution is 6.03. The first-order valence-corrected chi connectivity index (χ1v) is 9.06. The Hall–Kier alpha value is -3.03. The molecule has 0 aliphatic carbocycles. The van der Waals surface area contributed by atoms with Crippen molar-refractivity contribution in [3.63, 3.8) is 0 Å². The van der Waals surface area contributed by atoms with Crippen molar-refractivity contribution in [3.8, 4) is 5.75 Å². The first-order valence-electron chi connectivity index (χ1n) is 9.06. The third kappa shape index (κ3) is 3.19. The van der Waals surface area contributed by atoms with Crippen LogP contribution in [-0.4, -0.2) is 41.1 Å². The second-order valence-corrected chi connectivity index (χ2v) is 6.93. The van der Waals surface area contributed by atoms with Crippen LogP contribution in [0.25, 0.3) is 0 Å². The summed E-state index contributed by atoms with van der Waals surface area (Å²) >= 11 is 0. The quantitative estimate of drug-likeness (QED) is 0.880. The summed E-state index contributed by atoms with van der Waals surface area (Å²) in [5.74, 6) is -0.230. The Morgan fingerprint density at radius 3 is 2.75 bits per heavy atom. The SMILES string of the molecule is COc1cnc(C)c(N=C2NC(=O)C(F)C3CCC(c4ccc(F)cc4)N23)c1. The van der Waals surface area contributed by atoms with Crippen molar-refractivity contribution in [2.45, 2.75) is 38.0 Å². The summed E-state index contributed by atoms with van der Waals surface area (Å²) < 4.78 is 33.1. The maximum absolute atomic E-state index is 14.6. The molecular weight excluding hydrogens is 366 g/mol. The van der Waals surface area contributed by atoms with E-state index in [0.29, 0.717) is 30.0 Å². The van der Waals surface area contributed by atoms with Gasteiger partial charge in [-0.25, -0.2) is 13.8 Å². The van der Waals surface area contributed by atoms with Gasteiger partial charge in [0.2, 0.25) is 5.96 Å². The van der Waals surface area contributed by atoms with Crippen LogP contribution in [0.15, 0.2) is 41.5 Å². The minimum absolute atomic E-state index is 0.206. The number of aliphatic imine (C=N–C) groups is 1. The van der Waals surface area contributed by atoms with Crippen LogP contribution >= 0.6 is 0 Å². The number of nitrogens with zero attached hydrogens (tertiary/aromatic N) is 3. The molecule has 1 amide bonds. The zero-order valence-electron chi connectivity index (χ0n) is 15.5. The number of fused-ring (bicyclic) bond motifs is 1. The van der Waals surface area contributed by atoms with E-state index in [1.54, 1.807) is 36.2 Å². The monoisotopic (exact) mass is 386 g/mol. The average molecular weight is 386 g/mol. The molecule has 0 spiro atoms. The highest BCUT2D eigenvalue weighted by Gasteiger charge is 2.47. The van der Waals surface area contributed by atoms with Crippen LogP contribution in [0, 0.1) is 12.7 Å². The molecule has 0 radical (unpaired) electrons. The fourth-order valence-electron chi connectivity index (χ4n) is 3.79. The van der Waals surface area contributed by atoms with Gasteiger partial charge in [-0.2, -0.15) is 0 Å². The predicted molar refractivity (Wildman–Crippen MR) is 99.7 cm³/mol. The first-order chi connectivity index (χ1) is 13.5. The van der Waals surface area contributed by atoms with Crippen molar-refractivity contribution in [2.24, 2.45) is 4.99 Å². The largest absolute Gasteiger partial charge is 0.495 e. The third-order valence-electron chi connectivity index (χ3n) is 5.25. The molecular formula is C20H20F2N4O2. The van der Waals surface area contributed by atoms with Gasteiger partial charge in [0.15, 0.2) is 6.17 Å². The molecule has 2 saturated heterocycles. The van der Waals surface area contributed by atoms with Gasteiger partial charge in [-0.15, -0.1) is 0 Å². The van der Waals surface area contributed by atoms with Crippen molar-refractivity contribution in [1.82, 2.24) is 15.2 Å². The Kier molecular flexibility index (Phi) is 4.70. The van der Waals surface area contributed by atoms with Crippen molar-refractivity contribution < 1.29 is 18.3 Å². The number of nitrogens with one attached hydrogen (secondary N) is 1. The van der Waals surface area contributed by atoms with Crippen molar-refractivity contribution in [1.29, 1.82) is 0 Å². The van der Waals surface area contributed by atoms with Crippen LogP contribution < -0.4 is 10.1 Å². The van der Waals surface area contributed by atoms with Gasteiger partial charge < -0.3 is 9.64 Å². The summed E-state index contributed by atoms with van der Waals surface area (Å²) in [5.41, 5.74) is 2.02. The average Bonchev–Trinajstić information content (AvgIpc) is 3.13. The molecule has 3 atom stereocenters. The van der Waals surface area contributed by atoms with Crippen molar-refractivity contribution in [3.05, 3.63) is 53.6 Å². The van der Waals surface area contributed by atoms with E-state index in [9.17, 15) is 13.6 Å². The number of carbonyl (C=O) groups excluding carboxylic acids is 1. The number of guanidine groups is 1. The standard InChI is InChI=1S/C20H20F2N4O2/c1-11-15(9-14(28-2)10-23-11)24-20-25-19(27)18(22)17-8-7-16(26(17)20)12-3-5-13(21)6-4-12/h3-6,9-10,16-18H,7-8H2,1-2H3,(H,24,25,27). The Morgan fingerprint density at radius 1 is 1.29 bits per heavy atom. The minimum atomic E-state index is -1.64. The van der Waals surface area contributed by atoms with Gasteiger partial charge >= 0.3 is 0 Å². The molecule has 1 aromatic carbocycles. The Bertz CT molecular complexity index is 932. The molecule has 0 bridgehead atoms. The number of amides is 1. The maximum atomic E-state index is 14.6. The molecule has 1 N–H and O–H groups in total. The number of methoxy groups -OCH3 is 1. The number of hydrogen-bond acceptors (Lipinski definition) is 4. The van der Waals surface area contributed by atoms with Gasteiger partial charge in [-0.1, -0.05) is 12.1 Å². The molecule has 3 heterocycles. The predicted octanol–water partition coefficient (Wildman–Crippen LogP) is 3.20. The summed E-state index contributed by atoms with van der Waals surface area (Å²) in [6.45, 7) is 1.79. The molecule has 28 heavy (non-hydrogen) atoms. The summed E-state index contributed by atoms with van der Waals surface area (Å²) in [5, 5.41) is 2.58. The Morgan fingerprint density at radius 2 is 2.04 bits per heavy atom. The number of halogens is 2. The molecule has 4 rings (SSSR count). The summed E-state index contributed by atoms with van der Waals surface area (Å²) in [6, 6.07) is 7.02. The number of alkyl halides is 1. The Labute approximate surface area is 161 Å². The molecule has 8 heteroatoms. The summed E-state index contributed by atoms with van der Waals surface area (Å²) in [4.78, 5) is 22.8. The van der Waals surface area contributed by atoms with Crippen LogP contribution in [0.2, 0.25) is 0 Å². The van der Waals surface area contributed by atoms with Gasteiger partial charge in [0.05, 0.1) is 36.8 Å². The number of carbonyl (C=O) groups is 1. The lowest BCUT2D eigenvalue weighted by atomic mass is 10.0. The van der Waals surface area contributed by atoms with Crippen LogP contribution in [0.5, 0.6) is 5.75 Å². The van der Waals surface area contributed by atoms with Gasteiger partial charge in [0, 0.05) is 6.07 Å². The highest BCUT2D eigenvalue weighted by atomic mass is 19.1. The van der Waals surface area contributed by atoms with E-state index in [1.807, 2.05) is 0 Å². The van der Waals surface area contributed by atoms with E-state index in [4.69, 9.17) is 4.74 Å². The lowest BCUT2D eigenvalue weighted by Crippen LogP contribution is -2.60. The Balaban J connectivity index is 1.76. The lowest BCUT2D eigenvalue weighted by molar-refractivity contribution is -0.128. The number of pyridine rings is 1. The molecule has 1 aromatic heterocycles. The van der Waals surface area contributed by atoms with Crippen LogP contribution in [0.3, 0.4) is 0 Å². The topological polar surface area (TPSA) is 66.8 Å². The highest BCUT2D eigenvalue weighted by Crippen LogP contribution is 2.40. The van der Waals surface area contributed by atoms with E-state index in [2.05, 4.69) is 15.3 Å².